The summed E-state index contributed by atoms with van der Waals surface area (Å²) in [6.07, 6.45) is 1.58. The van der Waals surface area contributed by atoms with E-state index in [0.717, 1.165) is 0 Å². The van der Waals surface area contributed by atoms with Gasteiger partial charge in [0.2, 0.25) is 5.91 Å². The number of anilines is 1. The summed E-state index contributed by atoms with van der Waals surface area (Å²) in [5, 5.41) is 22.2. The van der Waals surface area contributed by atoms with E-state index in [9.17, 15) is 28.8 Å². The van der Waals surface area contributed by atoms with Gasteiger partial charge in [0, 0.05) is 30.8 Å². The number of carbonyl (C=O) groups excluding carboxylic acids is 2. The number of carbonyl (C=O) groups is 2. The minimum absolute atomic E-state index is 0.00739. The quantitative estimate of drug-likeness (QED) is 0.436. The van der Waals surface area contributed by atoms with Crippen molar-refractivity contribution in [3.8, 4) is 11.5 Å². The van der Waals surface area contributed by atoms with Crippen LogP contribution < -0.4 is 4.90 Å². The van der Waals surface area contributed by atoms with Gasteiger partial charge in [0.1, 0.15) is 34.9 Å². The highest BCUT2D eigenvalue weighted by molar-refractivity contribution is 7.62. The lowest BCUT2D eigenvalue weighted by atomic mass is 10.0. The molecule has 0 saturated carbocycles. The second-order valence-corrected chi connectivity index (χ2v) is 12.0. The molecule has 2 amide bonds. The van der Waals surface area contributed by atoms with Gasteiger partial charge in [-0.3, -0.25) is 14.6 Å². The Morgan fingerprint density at radius 3 is 2.45 bits per heavy atom. The molecule has 1 aliphatic rings. The van der Waals surface area contributed by atoms with Crippen LogP contribution >= 0.6 is 7.14 Å². The minimum Gasteiger partial charge on any atom is -0.505 e. The van der Waals surface area contributed by atoms with Crippen LogP contribution in [0.3, 0.4) is 0 Å². The molecule has 0 saturated heterocycles. The maximum Gasteiger partial charge on any atom is 0.260 e. The second-order valence-electron chi connectivity index (χ2n) is 8.45. The molecule has 2 heterocycles. The Labute approximate surface area is 189 Å². The number of amides is 2. The Kier molecular flexibility index (Phi) is 5.84. The number of nitrogens with zero attached hydrogens (tertiary/aromatic N) is 3. The molecule has 0 atom stereocenters. The molecule has 0 bridgehead atoms. The number of pyridine rings is 1. The van der Waals surface area contributed by atoms with E-state index in [1.54, 1.807) is 19.4 Å². The fraction of sp³-hybridized carbons (Fsp3) is 0.261. The van der Waals surface area contributed by atoms with E-state index in [1.165, 1.54) is 46.3 Å². The Morgan fingerprint density at radius 1 is 1.09 bits per heavy atom. The molecule has 10 heteroatoms. The topological polar surface area (TPSA) is 111 Å². The van der Waals surface area contributed by atoms with Gasteiger partial charge >= 0.3 is 0 Å². The molecule has 4 rings (SSSR count). The van der Waals surface area contributed by atoms with Crippen molar-refractivity contribution in [1.29, 1.82) is 0 Å². The number of halogens is 1. The van der Waals surface area contributed by atoms with Gasteiger partial charge in [-0.1, -0.05) is 12.1 Å². The SMILES string of the molecule is CP(C)(=O)CCN1C(=O)CN(Cc2ccc(F)cc2)C(=O)c2c1c(O)c1cccnc1c2O. The average Bonchev–Trinajstić information content (AvgIpc) is 2.86. The number of phenolic OH excluding ortho intramolecular Hbond substituents is 2. The number of hydrogen-bond acceptors (Lipinski definition) is 6. The predicted molar refractivity (Wildman–Crippen MR) is 123 cm³/mol. The highest BCUT2D eigenvalue weighted by Crippen LogP contribution is 2.46. The smallest absolute Gasteiger partial charge is 0.260 e. The van der Waals surface area contributed by atoms with E-state index in [1.807, 2.05) is 0 Å². The van der Waals surface area contributed by atoms with Crippen molar-refractivity contribution in [3.05, 3.63) is 59.5 Å². The molecule has 8 nitrogen and oxygen atoms in total. The molecule has 1 aliphatic heterocycles. The molecule has 0 spiro atoms. The second kappa shape index (κ2) is 8.48. The summed E-state index contributed by atoms with van der Waals surface area (Å²) in [6.45, 7) is 2.81. The normalized spacial score (nSPS) is 14.5. The van der Waals surface area contributed by atoms with Gasteiger partial charge in [-0.2, -0.15) is 0 Å². The first kappa shape index (κ1) is 22.7. The predicted octanol–water partition coefficient (Wildman–Crippen LogP) is 3.40. The number of phenols is 2. The van der Waals surface area contributed by atoms with Gasteiger partial charge < -0.3 is 24.6 Å². The first-order chi connectivity index (χ1) is 15.6. The summed E-state index contributed by atoms with van der Waals surface area (Å²) in [4.78, 5) is 33.3. The van der Waals surface area contributed by atoms with Gasteiger partial charge in [-0.25, -0.2) is 4.39 Å². The third-order valence-corrected chi connectivity index (χ3v) is 6.81. The van der Waals surface area contributed by atoms with Gasteiger partial charge in [-0.05, 0) is 43.2 Å². The first-order valence-electron chi connectivity index (χ1n) is 10.3. The zero-order valence-corrected chi connectivity index (χ0v) is 19.1. The Hall–Kier alpha value is -3.45. The molecule has 0 radical (unpaired) electrons. The number of rotatable bonds is 5. The molecule has 3 aromatic rings. The third-order valence-electron chi connectivity index (χ3n) is 5.53. The van der Waals surface area contributed by atoms with E-state index in [-0.39, 0.29) is 53.7 Å². The molecule has 2 N–H and O–H groups in total. The molecule has 0 unspecified atom stereocenters. The molecule has 33 heavy (non-hydrogen) atoms. The van der Waals surface area contributed by atoms with Gasteiger partial charge in [-0.15, -0.1) is 0 Å². The highest BCUT2D eigenvalue weighted by atomic mass is 31.2. The molecular weight excluding hydrogens is 448 g/mol. The molecule has 0 fully saturated rings. The van der Waals surface area contributed by atoms with E-state index in [0.29, 0.717) is 5.56 Å². The van der Waals surface area contributed by atoms with Crippen LogP contribution in [0.1, 0.15) is 15.9 Å². The van der Waals surface area contributed by atoms with Crippen LogP contribution in [-0.2, 0) is 15.9 Å². The van der Waals surface area contributed by atoms with Crippen molar-refractivity contribution >= 4 is 35.5 Å². The lowest BCUT2D eigenvalue weighted by Gasteiger charge is -2.25. The van der Waals surface area contributed by atoms with Gasteiger partial charge in [0.05, 0.1) is 7.14 Å². The summed E-state index contributed by atoms with van der Waals surface area (Å²) >= 11 is 0. The van der Waals surface area contributed by atoms with Crippen LogP contribution in [-0.4, -0.2) is 64.5 Å². The average molecular weight is 471 g/mol. The lowest BCUT2D eigenvalue weighted by Crippen LogP contribution is -2.40. The zero-order valence-electron chi connectivity index (χ0n) is 18.2. The fourth-order valence-electron chi connectivity index (χ4n) is 3.85. The summed E-state index contributed by atoms with van der Waals surface area (Å²) in [5.41, 5.74) is 0.225. The van der Waals surface area contributed by atoms with Gasteiger partial charge in [0.25, 0.3) is 5.91 Å². The fourth-order valence-corrected chi connectivity index (χ4v) is 4.53. The number of benzene rings is 2. The van der Waals surface area contributed by atoms with E-state index < -0.39 is 30.5 Å². The monoisotopic (exact) mass is 471 g/mol. The van der Waals surface area contributed by atoms with Crippen molar-refractivity contribution in [2.45, 2.75) is 6.54 Å². The largest absolute Gasteiger partial charge is 0.505 e. The molecule has 2 aromatic carbocycles. The Balaban J connectivity index is 1.88. The lowest BCUT2D eigenvalue weighted by molar-refractivity contribution is -0.119. The molecule has 1 aromatic heterocycles. The standard InChI is InChI=1S/C23H23FN3O5P/c1-33(2,32)11-10-27-17(28)13-26(12-14-5-7-15(24)8-6-14)23(31)18-20(27)21(29)16-4-3-9-25-19(16)22(18)30/h3-9,29-30H,10-13H2,1-2H3. The van der Waals surface area contributed by atoms with Crippen molar-refractivity contribution in [2.24, 2.45) is 0 Å². The summed E-state index contributed by atoms with van der Waals surface area (Å²) in [6, 6.07) is 8.59. The molecule has 0 aliphatic carbocycles. The van der Waals surface area contributed by atoms with E-state index in [4.69, 9.17) is 0 Å². The van der Waals surface area contributed by atoms with Crippen molar-refractivity contribution < 1.29 is 28.8 Å². The maximum absolute atomic E-state index is 13.5. The van der Waals surface area contributed by atoms with E-state index in [2.05, 4.69) is 4.98 Å². The highest BCUT2D eigenvalue weighted by Gasteiger charge is 2.38. The minimum atomic E-state index is -2.53. The van der Waals surface area contributed by atoms with E-state index >= 15 is 0 Å². The van der Waals surface area contributed by atoms with Crippen molar-refractivity contribution in [1.82, 2.24) is 9.88 Å². The van der Waals surface area contributed by atoms with Gasteiger partial charge in [0.15, 0.2) is 5.75 Å². The third kappa shape index (κ3) is 4.41. The summed E-state index contributed by atoms with van der Waals surface area (Å²) in [7, 11) is -2.53. The first-order valence-corrected chi connectivity index (χ1v) is 13.1. The maximum atomic E-state index is 13.5. The number of aromatic nitrogens is 1. The van der Waals surface area contributed by atoms with Crippen LogP contribution in [0.25, 0.3) is 10.9 Å². The van der Waals surface area contributed by atoms with Crippen LogP contribution in [0, 0.1) is 5.82 Å². The summed E-state index contributed by atoms with van der Waals surface area (Å²) in [5.74, 6) is -2.43. The van der Waals surface area contributed by atoms with Crippen LogP contribution in [0.4, 0.5) is 10.1 Å². The molecular formula is C23H23FN3O5P. The Morgan fingerprint density at radius 2 is 1.79 bits per heavy atom. The number of aromatic hydroxyl groups is 2. The Bertz CT molecular complexity index is 1310. The van der Waals surface area contributed by atoms with Crippen LogP contribution in [0.2, 0.25) is 0 Å². The van der Waals surface area contributed by atoms with Crippen LogP contribution in [0.15, 0.2) is 42.6 Å². The van der Waals surface area contributed by atoms with Crippen molar-refractivity contribution in [3.63, 3.8) is 0 Å². The number of fused-ring (bicyclic) bond motifs is 2. The number of hydrogen-bond donors (Lipinski definition) is 2. The van der Waals surface area contributed by atoms with Crippen molar-refractivity contribution in [2.75, 3.05) is 37.5 Å². The van der Waals surface area contributed by atoms with Crippen LogP contribution in [0.5, 0.6) is 11.5 Å². The summed E-state index contributed by atoms with van der Waals surface area (Å²) < 4.78 is 25.7. The molecule has 172 valence electrons. The zero-order chi connectivity index (χ0) is 23.9.